The topological polar surface area (TPSA) is 49.7 Å². The zero-order valence-electron chi connectivity index (χ0n) is 20.7. The van der Waals surface area contributed by atoms with Crippen LogP contribution in [0.1, 0.15) is 83.8 Å². The molecule has 2 N–H and O–H groups in total. The minimum Gasteiger partial charge on any atom is -0.497 e. The first kappa shape index (κ1) is 24.6. The fraction of sp³-hybridized carbons (Fsp3) is 0.786. The third-order valence-corrected chi connectivity index (χ3v) is 8.87. The first-order valence-corrected chi connectivity index (χ1v) is 12.7. The van der Waals surface area contributed by atoms with Gasteiger partial charge in [-0.3, -0.25) is 0 Å². The largest absolute Gasteiger partial charge is 0.497 e. The summed E-state index contributed by atoms with van der Waals surface area (Å²) in [6.07, 6.45) is 7.98. The number of ether oxygens (including phenoxy) is 1. The summed E-state index contributed by atoms with van der Waals surface area (Å²) in [5.41, 5.74) is 2.75. The number of fused-ring (bicyclic) bond motifs is 1. The van der Waals surface area contributed by atoms with Crippen LogP contribution in [0.25, 0.3) is 0 Å². The Balaban J connectivity index is 1.72. The molecular formula is C28H46O3. The van der Waals surface area contributed by atoms with E-state index < -0.39 is 0 Å². The van der Waals surface area contributed by atoms with Crippen molar-refractivity contribution < 1.29 is 14.9 Å². The molecule has 0 heterocycles. The van der Waals surface area contributed by atoms with E-state index in [1.165, 1.54) is 30.4 Å². The first-order valence-electron chi connectivity index (χ1n) is 12.7. The SMILES string of the molecule is COc1ccc(C)c(CC[C@@H]2[C@H](O)CC[C@]3(C)[C@@H]([C@@H](C)CCCC(C)C)[C@@H](O)C[C@@H]23)c1. The highest BCUT2D eigenvalue weighted by atomic mass is 16.5. The molecule has 0 aromatic heterocycles. The van der Waals surface area contributed by atoms with Crippen LogP contribution in [0.15, 0.2) is 18.2 Å². The van der Waals surface area contributed by atoms with Gasteiger partial charge in [-0.2, -0.15) is 0 Å². The number of rotatable bonds is 9. The summed E-state index contributed by atoms with van der Waals surface area (Å²) >= 11 is 0. The molecule has 0 saturated heterocycles. The molecule has 1 aromatic carbocycles. The van der Waals surface area contributed by atoms with Crippen LogP contribution >= 0.6 is 0 Å². The van der Waals surface area contributed by atoms with Gasteiger partial charge in [0.2, 0.25) is 0 Å². The zero-order chi connectivity index (χ0) is 22.8. The molecule has 0 aliphatic heterocycles. The normalized spacial score (nSPS) is 34.0. The minimum absolute atomic E-state index is 0.143. The van der Waals surface area contributed by atoms with Gasteiger partial charge in [0.05, 0.1) is 19.3 Å². The highest BCUT2D eigenvalue weighted by Crippen LogP contribution is 2.60. The Kier molecular flexibility index (Phi) is 8.13. The fourth-order valence-corrected chi connectivity index (χ4v) is 7.14. The van der Waals surface area contributed by atoms with E-state index in [1.807, 2.05) is 6.07 Å². The van der Waals surface area contributed by atoms with E-state index in [9.17, 15) is 10.2 Å². The minimum atomic E-state index is -0.244. The van der Waals surface area contributed by atoms with Gasteiger partial charge in [0.1, 0.15) is 5.75 Å². The van der Waals surface area contributed by atoms with Crippen molar-refractivity contribution in [2.75, 3.05) is 7.11 Å². The van der Waals surface area contributed by atoms with E-state index in [0.29, 0.717) is 17.8 Å². The van der Waals surface area contributed by atoms with Crippen molar-refractivity contribution in [2.24, 2.45) is 35.0 Å². The number of methoxy groups -OCH3 is 1. The second-order valence-electron chi connectivity index (χ2n) is 11.3. The highest BCUT2D eigenvalue weighted by molar-refractivity contribution is 5.35. The standard InChI is InChI=1S/C28H46O3/c1-18(2)8-7-9-20(4)27-26(30)17-24-23(25(29)14-15-28(24,27)5)13-11-21-16-22(31-6)12-10-19(21)3/h10,12,16,18,20,23-27,29-30H,7-9,11,13-15,17H2,1-6H3/t20-,23-,24-,25+,26-,27-,28-/m0/s1. The molecule has 0 spiro atoms. The molecule has 2 aliphatic rings. The lowest BCUT2D eigenvalue weighted by molar-refractivity contribution is -0.0584. The summed E-state index contributed by atoms with van der Waals surface area (Å²) in [4.78, 5) is 0. The quantitative estimate of drug-likeness (QED) is 0.492. The summed E-state index contributed by atoms with van der Waals surface area (Å²) in [6, 6.07) is 6.29. The Bertz CT molecular complexity index is 714. The van der Waals surface area contributed by atoms with Gasteiger partial charge in [0.15, 0.2) is 0 Å². The average molecular weight is 431 g/mol. The van der Waals surface area contributed by atoms with E-state index in [1.54, 1.807) is 7.11 Å². The maximum Gasteiger partial charge on any atom is 0.119 e. The van der Waals surface area contributed by atoms with Crippen molar-refractivity contribution in [3.8, 4) is 5.75 Å². The molecule has 31 heavy (non-hydrogen) atoms. The van der Waals surface area contributed by atoms with Crippen LogP contribution < -0.4 is 4.74 Å². The summed E-state index contributed by atoms with van der Waals surface area (Å²) < 4.78 is 5.43. The number of aryl methyl sites for hydroxylation is 2. The number of benzene rings is 1. The molecule has 3 rings (SSSR count). The van der Waals surface area contributed by atoms with Crippen molar-refractivity contribution in [1.82, 2.24) is 0 Å². The van der Waals surface area contributed by atoms with Crippen molar-refractivity contribution in [3.63, 3.8) is 0 Å². The molecular weight excluding hydrogens is 384 g/mol. The number of aliphatic hydroxyl groups excluding tert-OH is 2. The first-order chi connectivity index (χ1) is 14.7. The second-order valence-corrected chi connectivity index (χ2v) is 11.3. The predicted molar refractivity (Wildman–Crippen MR) is 128 cm³/mol. The van der Waals surface area contributed by atoms with Crippen LogP contribution in [0.4, 0.5) is 0 Å². The summed E-state index contributed by atoms with van der Waals surface area (Å²) in [5, 5.41) is 22.2. The van der Waals surface area contributed by atoms with Crippen molar-refractivity contribution in [2.45, 2.75) is 98.2 Å². The zero-order valence-corrected chi connectivity index (χ0v) is 20.7. The molecule has 2 aliphatic carbocycles. The second kappa shape index (κ2) is 10.3. The fourth-order valence-electron chi connectivity index (χ4n) is 7.14. The van der Waals surface area contributed by atoms with Crippen LogP contribution in [0.5, 0.6) is 5.75 Å². The lowest BCUT2D eigenvalue weighted by atomic mass is 9.57. The smallest absolute Gasteiger partial charge is 0.119 e. The number of hydrogen-bond acceptors (Lipinski definition) is 3. The van der Waals surface area contributed by atoms with Gasteiger partial charge in [-0.05, 0) is 97.3 Å². The molecule has 7 atom stereocenters. The predicted octanol–water partition coefficient (Wildman–Crippen LogP) is 6.17. The molecule has 1 aromatic rings. The van der Waals surface area contributed by atoms with Gasteiger partial charge in [0.25, 0.3) is 0 Å². The van der Waals surface area contributed by atoms with Crippen LogP contribution in [0, 0.1) is 41.9 Å². The third kappa shape index (κ3) is 5.30. The lowest BCUT2D eigenvalue weighted by Gasteiger charge is -2.48. The van der Waals surface area contributed by atoms with Crippen molar-refractivity contribution >= 4 is 0 Å². The molecule has 3 heteroatoms. The van der Waals surface area contributed by atoms with Gasteiger partial charge in [-0.15, -0.1) is 0 Å². The Morgan fingerprint density at radius 1 is 1.13 bits per heavy atom. The van der Waals surface area contributed by atoms with Crippen molar-refractivity contribution in [3.05, 3.63) is 29.3 Å². The van der Waals surface area contributed by atoms with Gasteiger partial charge in [-0.1, -0.05) is 53.0 Å². The molecule has 176 valence electrons. The molecule has 0 bridgehead atoms. The van der Waals surface area contributed by atoms with Gasteiger partial charge < -0.3 is 14.9 Å². The van der Waals surface area contributed by atoms with Crippen LogP contribution in [0.2, 0.25) is 0 Å². The maximum atomic E-state index is 11.2. The Labute approximate surface area is 190 Å². The number of hydrogen-bond donors (Lipinski definition) is 2. The van der Waals surface area contributed by atoms with E-state index >= 15 is 0 Å². The molecule has 0 radical (unpaired) electrons. The molecule has 0 unspecified atom stereocenters. The van der Waals surface area contributed by atoms with E-state index in [0.717, 1.165) is 43.8 Å². The maximum absolute atomic E-state index is 11.2. The van der Waals surface area contributed by atoms with E-state index in [-0.39, 0.29) is 23.5 Å². The monoisotopic (exact) mass is 430 g/mol. The van der Waals surface area contributed by atoms with Gasteiger partial charge in [-0.25, -0.2) is 0 Å². The summed E-state index contributed by atoms with van der Waals surface area (Å²) in [7, 11) is 1.72. The Hall–Kier alpha value is -1.06. The average Bonchev–Trinajstić information content (AvgIpc) is 2.98. The lowest BCUT2D eigenvalue weighted by Crippen LogP contribution is -2.45. The van der Waals surface area contributed by atoms with E-state index in [2.05, 4.69) is 46.8 Å². The van der Waals surface area contributed by atoms with Gasteiger partial charge in [0, 0.05) is 0 Å². The molecule has 2 fully saturated rings. The van der Waals surface area contributed by atoms with Crippen molar-refractivity contribution in [1.29, 1.82) is 0 Å². The molecule has 2 saturated carbocycles. The Morgan fingerprint density at radius 3 is 2.55 bits per heavy atom. The molecule has 3 nitrogen and oxygen atoms in total. The van der Waals surface area contributed by atoms with E-state index in [4.69, 9.17) is 4.74 Å². The van der Waals surface area contributed by atoms with Crippen LogP contribution in [-0.4, -0.2) is 29.5 Å². The van der Waals surface area contributed by atoms with Gasteiger partial charge >= 0.3 is 0 Å². The third-order valence-electron chi connectivity index (χ3n) is 8.87. The summed E-state index contributed by atoms with van der Waals surface area (Å²) in [6.45, 7) is 11.5. The Morgan fingerprint density at radius 2 is 1.87 bits per heavy atom. The number of aliphatic hydroxyl groups is 2. The molecule has 0 amide bonds. The van der Waals surface area contributed by atoms with Crippen LogP contribution in [-0.2, 0) is 6.42 Å². The highest BCUT2D eigenvalue weighted by Gasteiger charge is 2.57. The summed E-state index contributed by atoms with van der Waals surface area (Å²) in [5.74, 6) is 3.24. The van der Waals surface area contributed by atoms with Crippen LogP contribution in [0.3, 0.4) is 0 Å².